The Labute approximate surface area is 382 Å². The lowest BCUT2D eigenvalue weighted by Gasteiger charge is -2.48. The Bertz CT molecular complexity index is 2510. The largest absolute Gasteiger partial charge is 0.508 e. The molecule has 0 saturated carbocycles. The first kappa shape index (κ1) is 50.0. The highest BCUT2D eigenvalue weighted by atomic mass is 16.8. The number of carbonyl (C=O) groups is 1. The van der Waals surface area contributed by atoms with Gasteiger partial charge in [0.25, 0.3) is 0 Å². The summed E-state index contributed by atoms with van der Waals surface area (Å²) in [5, 5.41) is 148. The van der Waals surface area contributed by atoms with Crippen LogP contribution in [0.25, 0.3) is 28.4 Å². The van der Waals surface area contributed by atoms with E-state index in [1.165, 1.54) is 37.5 Å². The van der Waals surface area contributed by atoms with Gasteiger partial charge in [-0.25, -0.2) is 4.79 Å². The number of hydrogen-bond acceptors (Lipinski definition) is 25. The number of methoxy groups -OCH3 is 1. The van der Waals surface area contributed by atoms with E-state index >= 15 is 0 Å². The molecule has 3 aliphatic heterocycles. The zero-order valence-electron chi connectivity index (χ0n) is 35.3. The molecule has 25 heteroatoms. The van der Waals surface area contributed by atoms with Crippen LogP contribution in [-0.2, 0) is 33.2 Å². The first-order valence-electron chi connectivity index (χ1n) is 20.5. The summed E-state index contributed by atoms with van der Waals surface area (Å²) < 4.78 is 51.0. The summed E-state index contributed by atoms with van der Waals surface area (Å²) in [6, 6.07) is 9.09. The molecule has 25 nitrogen and oxygen atoms in total. The lowest BCUT2D eigenvalue weighted by atomic mass is 9.96. The standard InChI is InChI=1S/C43H48O25/c1-60-22-8-15(2-5-19(22)48)3-7-27(51)61-14-26-31(54)33(56)36(59)41(65-26)67-39-34(57)29(52)25(13-45)64-43(39)68-40-35(58)30(53)24(12-44)63-42(40)66-38-32(55)28-21(50)10-17(46)11-23(28)62-37(38)16-4-6-18(47)20(49)9-16/h2-11,24-26,29-31,33-36,39-50,52-54,56-59H,12-14H2,1H3/b7-3+/t24?,25?,26?,29-,30+,31+,33?,34?,35-,36+,39?,40?,41-,42-,43-/m0/s1. The highest BCUT2D eigenvalue weighted by Crippen LogP contribution is 2.41. The van der Waals surface area contributed by atoms with Gasteiger partial charge in [-0.15, -0.1) is 0 Å². The molecule has 7 unspecified atom stereocenters. The number of carbonyl (C=O) groups excluding carboxylic acids is 1. The van der Waals surface area contributed by atoms with Crippen LogP contribution in [0.15, 0.2) is 63.8 Å². The quantitative estimate of drug-likeness (QED) is 0.0342. The average Bonchev–Trinajstić information content (AvgIpc) is 3.31. The second-order valence-corrected chi connectivity index (χ2v) is 15.8. The van der Waals surface area contributed by atoms with Crippen LogP contribution in [-0.4, -0.2) is 197 Å². The second kappa shape index (κ2) is 20.8. The first-order valence-corrected chi connectivity index (χ1v) is 20.5. The van der Waals surface area contributed by atoms with Crippen molar-refractivity contribution >= 4 is 23.0 Å². The van der Waals surface area contributed by atoms with Gasteiger partial charge >= 0.3 is 5.97 Å². The second-order valence-electron chi connectivity index (χ2n) is 15.8. The van der Waals surface area contributed by atoms with E-state index in [-0.39, 0.29) is 17.1 Å². The number of ether oxygens (including phenoxy) is 8. The van der Waals surface area contributed by atoms with Crippen molar-refractivity contribution in [3.63, 3.8) is 0 Å². The number of esters is 1. The maximum atomic E-state index is 14.2. The first-order chi connectivity index (χ1) is 32.3. The Balaban J connectivity index is 1.18. The van der Waals surface area contributed by atoms with Crippen molar-refractivity contribution in [2.75, 3.05) is 26.9 Å². The van der Waals surface area contributed by atoms with Gasteiger partial charge in [-0.05, 0) is 42.0 Å². The molecule has 68 heavy (non-hydrogen) atoms. The van der Waals surface area contributed by atoms with Gasteiger partial charge < -0.3 is 114 Å². The Hall–Kier alpha value is -5.88. The number of rotatable bonds is 14. The molecule has 14 N–H and O–H groups in total. The minimum Gasteiger partial charge on any atom is -0.508 e. The number of phenolic OH excluding ortho intramolecular Hbond substituents is 5. The number of benzene rings is 3. The Kier molecular flexibility index (Phi) is 15.3. The third-order valence-corrected chi connectivity index (χ3v) is 11.3. The molecule has 4 heterocycles. The Morgan fingerprint density at radius 3 is 1.90 bits per heavy atom. The summed E-state index contributed by atoms with van der Waals surface area (Å²) in [5.74, 6) is -5.04. The summed E-state index contributed by atoms with van der Waals surface area (Å²) in [5.41, 5.74) is -1.31. The van der Waals surface area contributed by atoms with E-state index in [1.807, 2.05) is 0 Å². The number of aliphatic hydroxyl groups is 9. The molecule has 0 amide bonds. The summed E-state index contributed by atoms with van der Waals surface area (Å²) in [6.45, 7) is -2.74. The molecule has 1 aromatic heterocycles. The van der Waals surface area contributed by atoms with E-state index in [4.69, 9.17) is 42.3 Å². The number of aromatic hydroxyl groups is 5. The third-order valence-electron chi connectivity index (χ3n) is 11.3. The minimum atomic E-state index is -2.18. The Morgan fingerprint density at radius 1 is 0.647 bits per heavy atom. The van der Waals surface area contributed by atoms with Gasteiger partial charge in [-0.2, -0.15) is 0 Å². The molecule has 0 spiro atoms. The molecule has 3 aliphatic rings. The molecule has 4 aromatic rings. The van der Waals surface area contributed by atoms with E-state index in [9.17, 15) is 81.1 Å². The molecule has 3 saturated heterocycles. The molecule has 0 bridgehead atoms. The fraction of sp³-hybridized carbons (Fsp3) is 0.442. The van der Waals surface area contributed by atoms with Crippen LogP contribution < -0.4 is 14.9 Å². The van der Waals surface area contributed by atoms with Crippen molar-refractivity contribution in [1.29, 1.82) is 0 Å². The van der Waals surface area contributed by atoms with Crippen LogP contribution in [0.5, 0.6) is 40.2 Å². The number of hydrogen-bond donors (Lipinski definition) is 14. The normalized spacial score (nSPS) is 32.0. The van der Waals surface area contributed by atoms with Crippen molar-refractivity contribution in [3.8, 4) is 51.6 Å². The summed E-state index contributed by atoms with van der Waals surface area (Å²) in [4.78, 5) is 26.8. The molecular formula is C43H48O25. The van der Waals surface area contributed by atoms with Gasteiger partial charge in [0.15, 0.2) is 47.4 Å². The van der Waals surface area contributed by atoms with Crippen molar-refractivity contribution in [3.05, 3.63) is 70.4 Å². The maximum Gasteiger partial charge on any atom is 0.330 e. The highest BCUT2D eigenvalue weighted by Gasteiger charge is 2.55. The van der Waals surface area contributed by atoms with Crippen LogP contribution >= 0.6 is 0 Å². The van der Waals surface area contributed by atoms with Gasteiger partial charge in [-0.1, -0.05) is 6.07 Å². The molecule has 0 aliphatic carbocycles. The molecular weight excluding hydrogens is 916 g/mol. The number of fused-ring (bicyclic) bond motifs is 1. The number of phenols is 5. The topological polar surface area (TPSA) is 404 Å². The lowest BCUT2D eigenvalue weighted by Crippen LogP contribution is -2.67. The third kappa shape index (κ3) is 10.1. The Morgan fingerprint density at radius 2 is 1.25 bits per heavy atom. The van der Waals surface area contributed by atoms with Gasteiger partial charge in [0.05, 0.1) is 20.3 Å². The zero-order chi connectivity index (χ0) is 49.3. The van der Waals surface area contributed by atoms with Crippen molar-refractivity contribution in [1.82, 2.24) is 0 Å². The molecule has 15 atom stereocenters. The summed E-state index contributed by atoms with van der Waals surface area (Å²) in [7, 11) is 1.32. The van der Waals surface area contributed by atoms with Crippen molar-refractivity contribution < 1.29 is 119 Å². The van der Waals surface area contributed by atoms with Gasteiger partial charge in [0.1, 0.15) is 96.2 Å². The fourth-order valence-corrected chi connectivity index (χ4v) is 7.60. The lowest BCUT2D eigenvalue weighted by molar-refractivity contribution is -0.389. The smallest absolute Gasteiger partial charge is 0.330 e. The van der Waals surface area contributed by atoms with Crippen molar-refractivity contribution in [2.24, 2.45) is 0 Å². The molecule has 7 rings (SSSR count). The minimum absolute atomic E-state index is 0.117. The van der Waals surface area contributed by atoms with Gasteiger partial charge in [0, 0.05) is 23.8 Å². The van der Waals surface area contributed by atoms with E-state index < -0.39 is 169 Å². The van der Waals surface area contributed by atoms with Crippen LogP contribution in [0, 0.1) is 0 Å². The van der Waals surface area contributed by atoms with Crippen LogP contribution in [0.2, 0.25) is 0 Å². The van der Waals surface area contributed by atoms with Crippen LogP contribution in [0.3, 0.4) is 0 Å². The summed E-state index contributed by atoms with van der Waals surface area (Å²) in [6.07, 6.45) is -27.7. The molecule has 370 valence electrons. The maximum absolute atomic E-state index is 14.2. The van der Waals surface area contributed by atoms with E-state index in [1.54, 1.807) is 0 Å². The monoisotopic (exact) mass is 964 g/mol. The van der Waals surface area contributed by atoms with Crippen LogP contribution in [0.4, 0.5) is 0 Å². The SMILES string of the molecule is COc1cc(/C=C/C(=O)OCC2O[C@@H](OC3C(O)[C@@H](O)C(CO)O[C@H]3OC3[C@H](Oc4c(-c5ccc(O)c(O)c5)oc5cc(O)cc(O)c5c4=O)OC(CO)[C@@H](O)[C@@H]3O)[C@H](O)C(O)[C@@H]2O)ccc1O. The molecule has 3 fully saturated rings. The molecule has 3 aromatic carbocycles. The predicted molar refractivity (Wildman–Crippen MR) is 222 cm³/mol. The average molecular weight is 965 g/mol. The summed E-state index contributed by atoms with van der Waals surface area (Å²) >= 11 is 0. The van der Waals surface area contributed by atoms with Gasteiger partial charge in [0.2, 0.25) is 17.5 Å². The van der Waals surface area contributed by atoms with E-state index in [0.29, 0.717) is 5.56 Å². The van der Waals surface area contributed by atoms with E-state index in [0.717, 1.165) is 30.3 Å². The van der Waals surface area contributed by atoms with Gasteiger partial charge in [-0.3, -0.25) is 4.79 Å². The highest BCUT2D eigenvalue weighted by molar-refractivity contribution is 5.88. The predicted octanol–water partition coefficient (Wildman–Crippen LogP) is -2.91. The van der Waals surface area contributed by atoms with E-state index in [2.05, 4.69) is 0 Å². The van der Waals surface area contributed by atoms with Crippen molar-refractivity contribution in [2.45, 2.75) is 92.1 Å². The molecule has 0 radical (unpaired) electrons. The fourth-order valence-electron chi connectivity index (χ4n) is 7.60. The van der Waals surface area contributed by atoms with Crippen LogP contribution in [0.1, 0.15) is 5.56 Å². The zero-order valence-corrected chi connectivity index (χ0v) is 35.3. The number of aliphatic hydroxyl groups excluding tert-OH is 9.